The minimum Gasteiger partial charge on any atom is -0.493 e. The van der Waals surface area contributed by atoms with Gasteiger partial charge >= 0.3 is 0 Å². The number of piperazine rings is 1. The molecule has 8 nitrogen and oxygen atoms in total. The van der Waals surface area contributed by atoms with Gasteiger partial charge in [0.05, 0.1) is 26.5 Å². The number of amides is 1. The number of rotatable bonds is 5. The van der Waals surface area contributed by atoms with E-state index < -0.39 is 5.92 Å². The number of ether oxygens (including phenoxy) is 2. The second-order valence-corrected chi connectivity index (χ2v) is 8.71. The van der Waals surface area contributed by atoms with Gasteiger partial charge in [-0.25, -0.2) is 14.1 Å². The van der Waals surface area contributed by atoms with Crippen LogP contribution in [0, 0.1) is 11.7 Å². The SMILES string of the molecule is COc1ccc(C2C(C(=O)N3CCN(c4ccc(F)cc4)CC3)C(C)=Nc3ccnn32)cc1OC. The summed E-state index contributed by atoms with van der Waals surface area (Å²) in [6.45, 7) is 4.40. The molecule has 2 aromatic carbocycles. The summed E-state index contributed by atoms with van der Waals surface area (Å²) in [5, 5.41) is 4.51. The van der Waals surface area contributed by atoms with Crippen LogP contribution in [-0.4, -0.2) is 66.7 Å². The molecule has 2 unspecified atom stereocenters. The number of anilines is 1. The first-order valence-electron chi connectivity index (χ1n) is 11.6. The molecule has 0 bridgehead atoms. The van der Waals surface area contributed by atoms with Gasteiger partial charge in [0.1, 0.15) is 11.7 Å². The molecule has 9 heteroatoms. The van der Waals surface area contributed by atoms with Gasteiger partial charge in [-0.2, -0.15) is 5.10 Å². The molecule has 2 aliphatic rings. The zero-order valence-corrected chi connectivity index (χ0v) is 20.0. The molecule has 3 heterocycles. The van der Waals surface area contributed by atoms with Crippen LogP contribution in [0.3, 0.4) is 0 Å². The van der Waals surface area contributed by atoms with Crippen LogP contribution >= 0.6 is 0 Å². The molecule has 1 fully saturated rings. The highest BCUT2D eigenvalue weighted by atomic mass is 19.1. The number of hydrogen-bond acceptors (Lipinski definition) is 6. The third-order valence-electron chi connectivity index (χ3n) is 6.77. The quantitative estimate of drug-likeness (QED) is 0.560. The topological polar surface area (TPSA) is 72.2 Å². The van der Waals surface area contributed by atoms with Crippen LogP contribution in [-0.2, 0) is 4.79 Å². The van der Waals surface area contributed by atoms with Crippen molar-refractivity contribution in [1.82, 2.24) is 14.7 Å². The van der Waals surface area contributed by atoms with Gasteiger partial charge in [0.25, 0.3) is 0 Å². The van der Waals surface area contributed by atoms with E-state index in [4.69, 9.17) is 14.5 Å². The highest BCUT2D eigenvalue weighted by molar-refractivity contribution is 6.05. The zero-order chi connectivity index (χ0) is 24.5. The van der Waals surface area contributed by atoms with Crippen molar-refractivity contribution in [1.29, 1.82) is 0 Å². The van der Waals surface area contributed by atoms with Gasteiger partial charge in [0.15, 0.2) is 17.3 Å². The van der Waals surface area contributed by atoms with E-state index in [0.717, 1.165) is 17.0 Å². The number of carbonyl (C=O) groups excluding carboxylic acids is 1. The van der Waals surface area contributed by atoms with Crippen molar-refractivity contribution in [3.63, 3.8) is 0 Å². The number of nitrogens with zero attached hydrogens (tertiary/aromatic N) is 5. The van der Waals surface area contributed by atoms with Crippen molar-refractivity contribution in [2.75, 3.05) is 45.3 Å². The van der Waals surface area contributed by atoms with Gasteiger partial charge in [0.2, 0.25) is 5.91 Å². The molecule has 0 saturated carbocycles. The van der Waals surface area contributed by atoms with Crippen LogP contribution in [0.25, 0.3) is 0 Å². The van der Waals surface area contributed by atoms with Gasteiger partial charge in [-0.3, -0.25) is 4.79 Å². The van der Waals surface area contributed by atoms with Crippen LogP contribution in [0.15, 0.2) is 59.7 Å². The van der Waals surface area contributed by atoms with Crippen molar-refractivity contribution >= 4 is 23.1 Å². The summed E-state index contributed by atoms with van der Waals surface area (Å²) >= 11 is 0. The Labute approximate surface area is 203 Å². The van der Waals surface area contributed by atoms with Gasteiger partial charge in [-0.05, 0) is 48.9 Å². The van der Waals surface area contributed by atoms with E-state index in [2.05, 4.69) is 10.00 Å². The van der Waals surface area contributed by atoms with E-state index in [0.29, 0.717) is 43.5 Å². The minimum absolute atomic E-state index is 0.0194. The fourth-order valence-electron chi connectivity index (χ4n) is 4.95. The third-order valence-corrected chi connectivity index (χ3v) is 6.77. The normalized spacial score (nSPS) is 19.7. The monoisotopic (exact) mass is 477 g/mol. The Morgan fingerprint density at radius 1 is 0.971 bits per heavy atom. The molecular weight excluding hydrogens is 449 g/mol. The number of fused-ring (bicyclic) bond motifs is 1. The standard InChI is InChI=1S/C26H28FN5O3/c1-17-24(26(33)31-14-12-30(13-15-31)20-7-5-19(27)6-8-20)25(32-23(29-17)10-11-28-32)18-4-9-21(34-2)22(16-18)35-3/h4-11,16,24-25H,12-15H2,1-3H3. The molecule has 5 rings (SSSR count). The Hall–Kier alpha value is -3.88. The maximum absolute atomic E-state index is 13.9. The molecule has 1 amide bonds. The van der Waals surface area contributed by atoms with Crippen LogP contribution in [0.5, 0.6) is 11.5 Å². The summed E-state index contributed by atoms with van der Waals surface area (Å²) in [5.74, 6) is 1.20. The van der Waals surface area contributed by atoms with Gasteiger partial charge < -0.3 is 19.3 Å². The van der Waals surface area contributed by atoms with Crippen LogP contribution in [0.4, 0.5) is 15.9 Å². The van der Waals surface area contributed by atoms with Gasteiger partial charge in [0, 0.05) is 43.6 Å². The van der Waals surface area contributed by atoms with E-state index in [-0.39, 0.29) is 17.8 Å². The van der Waals surface area contributed by atoms with E-state index in [1.54, 1.807) is 32.5 Å². The fourth-order valence-corrected chi connectivity index (χ4v) is 4.95. The highest BCUT2D eigenvalue weighted by Crippen LogP contribution is 2.40. The summed E-state index contributed by atoms with van der Waals surface area (Å²) in [7, 11) is 3.19. The molecular formula is C26H28FN5O3. The predicted molar refractivity (Wildman–Crippen MR) is 131 cm³/mol. The third kappa shape index (κ3) is 4.22. The number of hydrogen-bond donors (Lipinski definition) is 0. The number of carbonyl (C=O) groups is 1. The minimum atomic E-state index is -0.502. The average Bonchev–Trinajstić information content (AvgIpc) is 3.35. The Morgan fingerprint density at radius 2 is 1.69 bits per heavy atom. The molecule has 182 valence electrons. The second kappa shape index (κ2) is 9.40. The van der Waals surface area contributed by atoms with Crippen molar-refractivity contribution < 1.29 is 18.7 Å². The average molecular weight is 478 g/mol. The number of benzene rings is 2. The molecule has 1 saturated heterocycles. The van der Waals surface area contributed by atoms with Crippen molar-refractivity contribution in [2.24, 2.45) is 10.9 Å². The number of aliphatic imine (C=N–C) groups is 1. The summed E-state index contributed by atoms with van der Waals surface area (Å²) in [6, 6.07) is 13.7. The lowest BCUT2D eigenvalue weighted by molar-refractivity contribution is -0.134. The summed E-state index contributed by atoms with van der Waals surface area (Å²) in [4.78, 5) is 22.7. The Bertz CT molecular complexity index is 1250. The van der Waals surface area contributed by atoms with E-state index in [9.17, 15) is 9.18 Å². The van der Waals surface area contributed by atoms with Crippen LogP contribution in [0.1, 0.15) is 18.5 Å². The van der Waals surface area contributed by atoms with Gasteiger partial charge in [-0.1, -0.05) is 6.07 Å². The number of methoxy groups -OCH3 is 2. The fraction of sp³-hybridized carbons (Fsp3) is 0.346. The zero-order valence-electron chi connectivity index (χ0n) is 20.0. The Kier molecular flexibility index (Phi) is 6.15. The number of aromatic nitrogens is 2. The van der Waals surface area contributed by atoms with Crippen LogP contribution < -0.4 is 14.4 Å². The summed E-state index contributed by atoms with van der Waals surface area (Å²) in [5.41, 5.74) is 2.60. The smallest absolute Gasteiger partial charge is 0.234 e. The van der Waals surface area contributed by atoms with Gasteiger partial charge in [-0.15, -0.1) is 0 Å². The summed E-state index contributed by atoms with van der Waals surface area (Å²) < 4.78 is 26.1. The molecule has 2 aliphatic heterocycles. The molecule has 35 heavy (non-hydrogen) atoms. The van der Waals surface area contributed by atoms with E-state index in [1.165, 1.54) is 12.1 Å². The van der Waals surface area contributed by atoms with E-state index in [1.807, 2.05) is 40.8 Å². The van der Waals surface area contributed by atoms with Crippen molar-refractivity contribution in [2.45, 2.75) is 13.0 Å². The van der Waals surface area contributed by atoms with Crippen molar-refractivity contribution in [3.05, 3.63) is 66.1 Å². The maximum Gasteiger partial charge on any atom is 0.234 e. The highest BCUT2D eigenvalue weighted by Gasteiger charge is 2.41. The number of halogens is 1. The lowest BCUT2D eigenvalue weighted by atomic mass is 9.86. The second-order valence-electron chi connectivity index (χ2n) is 8.71. The first-order valence-corrected chi connectivity index (χ1v) is 11.6. The molecule has 3 aromatic rings. The maximum atomic E-state index is 13.9. The summed E-state index contributed by atoms with van der Waals surface area (Å²) in [6.07, 6.45) is 1.70. The molecule has 0 aliphatic carbocycles. The molecule has 0 spiro atoms. The Balaban J connectivity index is 1.42. The first kappa shape index (κ1) is 22.9. The van der Waals surface area contributed by atoms with E-state index >= 15 is 0 Å². The largest absolute Gasteiger partial charge is 0.493 e. The van der Waals surface area contributed by atoms with Crippen molar-refractivity contribution in [3.8, 4) is 11.5 Å². The first-order chi connectivity index (χ1) is 17.0. The molecule has 2 atom stereocenters. The molecule has 1 aromatic heterocycles. The Morgan fingerprint density at radius 3 is 2.37 bits per heavy atom. The lowest BCUT2D eigenvalue weighted by Gasteiger charge is -2.40. The predicted octanol–water partition coefficient (Wildman–Crippen LogP) is 3.70. The molecule has 0 N–H and O–H groups in total. The molecule has 0 radical (unpaired) electrons. The van der Waals surface area contributed by atoms with Crippen LogP contribution in [0.2, 0.25) is 0 Å². The lowest BCUT2D eigenvalue weighted by Crippen LogP contribution is -2.53.